The lowest BCUT2D eigenvalue weighted by Gasteiger charge is -2.25. The number of benzene rings is 2. The van der Waals surface area contributed by atoms with Crippen LogP contribution in [0.25, 0.3) is 11.3 Å². The zero-order valence-corrected chi connectivity index (χ0v) is 20.8. The lowest BCUT2D eigenvalue weighted by Crippen LogP contribution is -2.32. The highest BCUT2D eigenvalue weighted by atomic mass is 32.1. The minimum Gasteiger partial charge on any atom is -0.478 e. The van der Waals surface area contributed by atoms with Crippen molar-refractivity contribution in [3.05, 3.63) is 108 Å². The van der Waals surface area contributed by atoms with Crippen LogP contribution in [0.4, 0.5) is 10.1 Å². The van der Waals surface area contributed by atoms with Gasteiger partial charge in [0, 0.05) is 24.7 Å². The van der Waals surface area contributed by atoms with Crippen molar-refractivity contribution in [2.24, 2.45) is 0 Å². The second-order valence-electron chi connectivity index (χ2n) is 8.68. The van der Waals surface area contributed by atoms with Crippen molar-refractivity contribution in [3.8, 4) is 11.3 Å². The Morgan fingerprint density at radius 3 is 2.53 bits per heavy atom. The molecule has 2 aromatic heterocycles. The van der Waals surface area contributed by atoms with Crippen LogP contribution in [0, 0.1) is 5.82 Å². The van der Waals surface area contributed by atoms with Crippen LogP contribution in [0.2, 0.25) is 0 Å². The maximum Gasteiger partial charge on any atom is 0.335 e. The molecule has 3 heterocycles. The average Bonchev–Trinajstić information content (AvgIpc) is 3.54. The molecule has 0 aliphatic carbocycles. The van der Waals surface area contributed by atoms with Crippen LogP contribution in [0.3, 0.4) is 0 Å². The van der Waals surface area contributed by atoms with E-state index in [4.69, 9.17) is 16.6 Å². The van der Waals surface area contributed by atoms with Gasteiger partial charge in [-0.05, 0) is 60.7 Å². The van der Waals surface area contributed by atoms with Crippen LogP contribution < -0.4 is 10.6 Å². The van der Waals surface area contributed by atoms with Gasteiger partial charge < -0.3 is 25.1 Å². The molecule has 38 heavy (non-hydrogen) atoms. The molecule has 1 saturated heterocycles. The number of para-hydroxylation sites is 1. The summed E-state index contributed by atoms with van der Waals surface area (Å²) in [6.45, 7) is 0.253. The number of halogens is 1. The Kier molecular flexibility index (Phi) is 7.14. The molecule has 1 amide bonds. The van der Waals surface area contributed by atoms with E-state index >= 15 is 0 Å². The Bertz CT molecular complexity index is 1480. The molecule has 4 aromatic rings. The van der Waals surface area contributed by atoms with E-state index in [0.29, 0.717) is 16.6 Å². The number of carboxylic acid groups (broad SMARTS) is 1. The highest BCUT2D eigenvalue weighted by molar-refractivity contribution is 7.80. The molecule has 192 valence electrons. The van der Waals surface area contributed by atoms with Gasteiger partial charge in [0.05, 0.1) is 23.0 Å². The van der Waals surface area contributed by atoms with Gasteiger partial charge in [-0.15, -0.1) is 0 Å². The standard InChI is InChI=1S/C28H23FN4O4S/c29-19-5-1-2-6-20(19)31-24(34)14-16-33-26(25(32-28(33)38)21-7-3-4-15-30-21)23-13-12-22(37-23)17-8-10-18(11-9-17)27(35)36/h1-13,15,25-26H,14,16H2,(H,31,34)(H,32,38)(H,35,36)/t25-,26-/m1/s1. The summed E-state index contributed by atoms with van der Waals surface area (Å²) in [7, 11) is 0. The average molecular weight is 531 g/mol. The van der Waals surface area contributed by atoms with Crippen LogP contribution in [-0.2, 0) is 4.79 Å². The quantitative estimate of drug-likeness (QED) is 0.268. The van der Waals surface area contributed by atoms with Crippen LogP contribution >= 0.6 is 12.2 Å². The third-order valence-corrected chi connectivity index (χ3v) is 6.61. The molecule has 10 heteroatoms. The minimum atomic E-state index is -1.00. The number of aromatic carboxylic acids is 1. The zero-order valence-electron chi connectivity index (χ0n) is 20.0. The van der Waals surface area contributed by atoms with E-state index in [9.17, 15) is 19.1 Å². The number of nitrogens with zero attached hydrogens (tertiary/aromatic N) is 2. The molecule has 3 N–H and O–H groups in total. The van der Waals surface area contributed by atoms with Gasteiger partial charge in [-0.1, -0.05) is 30.3 Å². The topological polar surface area (TPSA) is 108 Å². The number of pyridine rings is 1. The zero-order chi connectivity index (χ0) is 26.6. The van der Waals surface area contributed by atoms with Gasteiger partial charge >= 0.3 is 5.97 Å². The number of carboxylic acids is 1. The molecule has 2 atom stereocenters. The number of nitrogens with one attached hydrogen (secondary N) is 2. The fraction of sp³-hybridized carbons (Fsp3) is 0.143. The first kappa shape index (κ1) is 25.1. The van der Waals surface area contributed by atoms with E-state index in [-0.39, 0.29) is 36.2 Å². The lowest BCUT2D eigenvalue weighted by molar-refractivity contribution is -0.116. The summed E-state index contributed by atoms with van der Waals surface area (Å²) in [5.74, 6) is -0.704. The maximum absolute atomic E-state index is 14.0. The van der Waals surface area contributed by atoms with E-state index in [1.165, 1.54) is 24.3 Å². The number of amides is 1. The Morgan fingerprint density at radius 2 is 1.82 bits per heavy atom. The first-order valence-corrected chi connectivity index (χ1v) is 12.3. The molecular formula is C28H23FN4O4S. The van der Waals surface area contributed by atoms with Crippen molar-refractivity contribution in [1.29, 1.82) is 0 Å². The fourth-order valence-electron chi connectivity index (χ4n) is 4.40. The Balaban J connectivity index is 1.40. The van der Waals surface area contributed by atoms with Crippen molar-refractivity contribution >= 4 is 34.9 Å². The predicted octanol–water partition coefficient (Wildman–Crippen LogP) is 5.18. The Labute approximate surface area is 223 Å². The summed E-state index contributed by atoms with van der Waals surface area (Å²) in [6, 6.07) is 20.9. The van der Waals surface area contributed by atoms with Crippen LogP contribution in [0.15, 0.2) is 89.5 Å². The summed E-state index contributed by atoms with van der Waals surface area (Å²) < 4.78 is 20.2. The highest BCUT2D eigenvalue weighted by Gasteiger charge is 2.41. The minimum absolute atomic E-state index is 0.0613. The van der Waals surface area contributed by atoms with Crippen molar-refractivity contribution in [2.75, 3.05) is 11.9 Å². The van der Waals surface area contributed by atoms with Gasteiger partial charge in [0.2, 0.25) is 5.91 Å². The first-order chi connectivity index (χ1) is 18.4. The molecule has 0 saturated carbocycles. The number of anilines is 1. The number of aromatic nitrogens is 1. The number of hydrogen-bond acceptors (Lipinski definition) is 5. The second-order valence-corrected chi connectivity index (χ2v) is 9.07. The third-order valence-electron chi connectivity index (χ3n) is 6.26. The number of thiocarbonyl (C=S) groups is 1. The summed E-state index contributed by atoms with van der Waals surface area (Å²) in [6.07, 6.45) is 1.75. The second kappa shape index (κ2) is 10.8. The van der Waals surface area contributed by atoms with Gasteiger partial charge in [0.25, 0.3) is 0 Å². The number of carbonyl (C=O) groups is 2. The first-order valence-electron chi connectivity index (χ1n) is 11.9. The normalized spacial score (nSPS) is 16.8. The number of rotatable bonds is 8. The van der Waals surface area contributed by atoms with E-state index in [0.717, 1.165) is 11.3 Å². The smallest absolute Gasteiger partial charge is 0.335 e. The number of hydrogen-bond donors (Lipinski definition) is 3. The molecule has 5 rings (SSSR count). The molecule has 0 bridgehead atoms. The molecule has 8 nitrogen and oxygen atoms in total. The Hall–Kier alpha value is -4.57. The van der Waals surface area contributed by atoms with Crippen molar-refractivity contribution in [1.82, 2.24) is 15.2 Å². The maximum atomic E-state index is 14.0. The molecule has 0 unspecified atom stereocenters. The van der Waals surface area contributed by atoms with E-state index in [1.807, 2.05) is 35.2 Å². The monoisotopic (exact) mass is 530 g/mol. The third kappa shape index (κ3) is 5.25. The van der Waals surface area contributed by atoms with Gasteiger partial charge in [-0.3, -0.25) is 9.78 Å². The van der Waals surface area contributed by atoms with E-state index in [2.05, 4.69) is 15.6 Å². The fourth-order valence-corrected chi connectivity index (χ4v) is 4.73. The summed E-state index contributed by atoms with van der Waals surface area (Å²) in [4.78, 5) is 30.2. The molecule has 1 aliphatic heterocycles. The van der Waals surface area contributed by atoms with Crippen LogP contribution in [0.5, 0.6) is 0 Å². The molecular weight excluding hydrogens is 507 g/mol. The van der Waals surface area contributed by atoms with Crippen molar-refractivity contribution in [3.63, 3.8) is 0 Å². The largest absolute Gasteiger partial charge is 0.478 e. The SMILES string of the molecule is O=C(CCN1C(=S)N[C@H](c2ccccn2)[C@H]1c1ccc(-c2ccc(C(=O)O)cc2)o1)Nc1ccccc1F. The summed E-state index contributed by atoms with van der Waals surface area (Å²) >= 11 is 5.63. The van der Waals surface area contributed by atoms with E-state index < -0.39 is 17.8 Å². The van der Waals surface area contributed by atoms with Gasteiger partial charge in [-0.2, -0.15) is 0 Å². The highest BCUT2D eigenvalue weighted by Crippen LogP contribution is 2.40. The summed E-state index contributed by atoms with van der Waals surface area (Å²) in [5.41, 5.74) is 1.77. The lowest BCUT2D eigenvalue weighted by atomic mass is 10.0. The molecule has 1 fully saturated rings. The van der Waals surface area contributed by atoms with Crippen LogP contribution in [0.1, 0.15) is 40.3 Å². The number of furan rings is 1. The molecule has 2 aromatic carbocycles. The molecule has 0 spiro atoms. The number of carbonyl (C=O) groups excluding carboxylic acids is 1. The van der Waals surface area contributed by atoms with Crippen molar-refractivity contribution < 1.29 is 23.5 Å². The molecule has 0 radical (unpaired) electrons. The van der Waals surface area contributed by atoms with Gasteiger partial charge in [-0.25, -0.2) is 9.18 Å². The van der Waals surface area contributed by atoms with Crippen LogP contribution in [-0.4, -0.2) is 38.5 Å². The predicted molar refractivity (Wildman–Crippen MR) is 143 cm³/mol. The van der Waals surface area contributed by atoms with Gasteiger partial charge in [0.15, 0.2) is 5.11 Å². The van der Waals surface area contributed by atoms with Gasteiger partial charge in [0.1, 0.15) is 23.4 Å². The Morgan fingerprint density at radius 1 is 1.05 bits per heavy atom. The molecule has 1 aliphatic rings. The summed E-state index contributed by atoms with van der Waals surface area (Å²) in [5, 5.41) is 15.5. The van der Waals surface area contributed by atoms with E-state index in [1.54, 1.807) is 30.5 Å². The van der Waals surface area contributed by atoms with Crippen molar-refractivity contribution in [2.45, 2.75) is 18.5 Å².